The van der Waals surface area contributed by atoms with E-state index in [-0.39, 0.29) is 24.0 Å². The molecule has 0 aromatic carbocycles. The molecular weight excluding hydrogens is 355 g/mol. The Kier molecular flexibility index (Phi) is 6.00. The van der Waals surface area contributed by atoms with Crippen LogP contribution in [0, 0.1) is 5.92 Å². The van der Waals surface area contributed by atoms with Crippen molar-refractivity contribution >= 4 is 35.6 Å². The Morgan fingerprint density at radius 3 is 2.95 bits per heavy atom. The second-order valence-corrected chi connectivity index (χ2v) is 4.51. The number of hydrogen-bond acceptors (Lipinski definition) is 3. The molecule has 0 saturated heterocycles. The number of halogens is 1. The predicted octanol–water partition coefficient (Wildman–Crippen LogP) is 1.41. The number of aliphatic imine (C=N–C) groups is 1. The lowest BCUT2D eigenvalue weighted by Gasteiger charge is -2.08. The smallest absolute Gasteiger partial charge is 0.188 e. The molecule has 2 heterocycles. The molecule has 0 bridgehead atoms. The van der Waals surface area contributed by atoms with Crippen molar-refractivity contribution in [2.45, 2.75) is 20.4 Å². The van der Waals surface area contributed by atoms with Crippen LogP contribution in [0.3, 0.4) is 0 Å². The number of hydrogen-bond donors (Lipinski definition) is 2. The van der Waals surface area contributed by atoms with E-state index >= 15 is 0 Å². The molecule has 0 unspecified atom stereocenters. The summed E-state index contributed by atoms with van der Waals surface area (Å²) in [6, 6.07) is 3.74. The van der Waals surface area contributed by atoms with Gasteiger partial charge in [0.15, 0.2) is 11.6 Å². The first-order valence-corrected chi connectivity index (χ1v) is 5.98. The van der Waals surface area contributed by atoms with Crippen LogP contribution in [0.4, 0.5) is 0 Å². The average molecular weight is 374 g/mol. The van der Waals surface area contributed by atoms with E-state index in [1.165, 1.54) is 0 Å². The highest BCUT2D eigenvalue weighted by molar-refractivity contribution is 14.0. The Hall–Kier alpha value is -1.38. The maximum Gasteiger partial charge on any atom is 0.188 e. The standard InChI is InChI=1S/C12H18N6.HI/c1-9(2)7-15-12(13)16-8-10-3-5-14-11-4-6-17-18(10)11;/h3-6,9H,7-8H2,1-2H3,(H3,13,15,16);1H. The van der Waals surface area contributed by atoms with Crippen molar-refractivity contribution in [3.8, 4) is 0 Å². The van der Waals surface area contributed by atoms with Gasteiger partial charge in [-0.25, -0.2) is 14.5 Å². The molecule has 0 fully saturated rings. The highest BCUT2D eigenvalue weighted by Crippen LogP contribution is 2.04. The zero-order chi connectivity index (χ0) is 13.0. The lowest BCUT2D eigenvalue weighted by molar-refractivity contribution is 0.621. The Morgan fingerprint density at radius 1 is 1.42 bits per heavy atom. The summed E-state index contributed by atoms with van der Waals surface area (Å²) in [7, 11) is 0. The quantitative estimate of drug-likeness (QED) is 0.482. The van der Waals surface area contributed by atoms with E-state index in [1.54, 1.807) is 16.9 Å². The predicted molar refractivity (Wildman–Crippen MR) is 86.6 cm³/mol. The minimum atomic E-state index is 0. The molecule has 0 aliphatic carbocycles. The molecule has 0 spiro atoms. The monoisotopic (exact) mass is 374 g/mol. The molecule has 0 radical (unpaired) electrons. The van der Waals surface area contributed by atoms with Crippen molar-refractivity contribution in [3.05, 3.63) is 30.2 Å². The zero-order valence-electron chi connectivity index (χ0n) is 11.1. The molecular formula is C12H19IN6. The molecule has 0 aliphatic rings. The lowest BCUT2D eigenvalue weighted by Crippen LogP contribution is -2.34. The number of rotatable bonds is 4. The van der Waals surface area contributed by atoms with Gasteiger partial charge in [-0.1, -0.05) is 13.8 Å². The molecule has 104 valence electrons. The molecule has 19 heavy (non-hydrogen) atoms. The summed E-state index contributed by atoms with van der Waals surface area (Å²) in [4.78, 5) is 8.48. The lowest BCUT2D eigenvalue weighted by atomic mass is 10.2. The number of nitrogens with zero attached hydrogens (tertiary/aromatic N) is 4. The molecule has 7 heteroatoms. The SMILES string of the molecule is CC(C)CNC(N)=NCc1ccnc2ccnn12.I. The van der Waals surface area contributed by atoms with Gasteiger partial charge in [0.25, 0.3) is 0 Å². The maximum atomic E-state index is 5.78. The Morgan fingerprint density at radius 2 is 2.21 bits per heavy atom. The molecule has 2 aromatic rings. The van der Waals surface area contributed by atoms with Gasteiger partial charge >= 0.3 is 0 Å². The second-order valence-electron chi connectivity index (χ2n) is 4.51. The number of nitrogens with one attached hydrogen (secondary N) is 1. The molecule has 2 rings (SSSR count). The van der Waals surface area contributed by atoms with Gasteiger partial charge in [0.05, 0.1) is 18.4 Å². The van der Waals surface area contributed by atoms with E-state index in [0.717, 1.165) is 17.9 Å². The van der Waals surface area contributed by atoms with Crippen LogP contribution in [0.25, 0.3) is 5.65 Å². The van der Waals surface area contributed by atoms with Crippen molar-refractivity contribution in [2.24, 2.45) is 16.6 Å². The average Bonchev–Trinajstić information content (AvgIpc) is 2.82. The first-order chi connectivity index (χ1) is 8.66. The van der Waals surface area contributed by atoms with Crippen molar-refractivity contribution in [3.63, 3.8) is 0 Å². The highest BCUT2D eigenvalue weighted by Gasteiger charge is 2.01. The minimum Gasteiger partial charge on any atom is -0.370 e. The van der Waals surface area contributed by atoms with E-state index in [2.05, 4.69) is 34.2 Å². The number of guanidine groups is 1. The van der Waals surface area contributed by atoms with Gasteiger partial charge in [-0.05, 0) is 12.0 Å². The summed E-state index contributed by atoms with van der Waals surface area (Å²) < 4.78 is 1.76. The first-order valence-electron chi connectivity index (χ1n) is 5.98. The van der Waals surface area contributed by atoms with E-state index in [9.17, 15) is 0 Å². The Bertz CT molecular complexity index is 548. The summed E-state index contributed by atoms with van der Waals surface area (Å²) in [6.07, 6.45) is 3.47. The van der Waals surface area contributed by atoms with Gasteiger partial charge in [0.2, 0.25) is 0 Å². The fourth-order valence-electron chi connectivity index (χ4n) is 1.54. The van der Waals surface area contributed by atoms with Crippen LogP contribution in [-0.2, 0) is 6.54 Å². The van der Waals surface area contributed by atoms with Crippen LogP contribution in [0.1, 0.15) is 19.5 Å². The van der Waals surface area contributed by atoms with Gasteiger partial charge in [-0.3, -0.25) is 0 Å². The first kappa shape index (κ1) is 15.7. The van der Waals surface area contributed by atoms with Crippen LogP contribution in [0.5, 0.6) is 0 Å². The van der Waals surface area contributed by atoms with Gasteiger partial charge in [0, 0.05) is 18.8 Å². The van der Waals surface area contributed by atoms with Crippen LogP contribution in [-0.4, -0.2) is 27.1 Å². The summed E-state index contributed by atoms with van der Waals surface area (Å²) >= 11 is 0. The van der Waals surface area contributed by atoms with Crippen LogP contribution in [0.2, 0.25) is 0 Å². The summed E-state index contributed by atoms with van der Waals surface area (Å²) in [5.41, 5.74) is 7.56. The summed E-state index contributed by atoms with van der Waals surface area (Å²) in [6.45, 7) is 5.55. The number of aromatic nitrogens is 3. The van der Waals surface area contributed by atoms with Crippen LogP contribution >= 0.6 is 24.0 Å². The third-order valence-corrected chi connectivity index (χ3v) is 2.47. The molecule has 0 amide bonds. The fraction of sp³-hybridized carbons (Fsp3) is 0.417. The third-order valence-electron chi connectivity index (χ3n) is 2.47. The molecule has 6 nitrogen and oxygen atoms in total. The fourth-order valence-corrected chi connectivity index (χ4v) is 1.54. The number of nitrogens with two attached hydrogens (primary N) is 1. The minimum absolute atomic E-state index is 0. The van der Waals surface area contributed by atoms with Crippen LogP contribution < -0.4 is 11.1 Å². The summed E-state index contributed by atoms with van der Waals surface area (Å²) in [5.74, 6) is 0.998. The summed E-state index contributed by atoms with van der Waals surface area (Å²) in [5, 5.41) is 7.27. The van der Waals surface area contributed by atoms with Crippen LogP contribution in [0.15, 0.2) is 29.5 Å². The van der Waals surface area contributed by atoms with E-state index in [0.29, 0.717) is 18.4 Å². The van der Waals surface area contributed by atoms with Gasteiger partial charge in [-0.2, -0.15) is 5.10 Å². The van der Waals surface area contributed by atoms with Gasteiger partial charge < -0.3 is 11.1 Å². The Labute approximate surface area is 129 Å². The maximum absolute atomic E-state index is 5.78. The van der Waals surface area contributed by atoms with E-state index < -0.39 is 0 Å². The second kappa shape index (κ2) is 7.27. The zero-order valence-corrected chi connectivity index (χ0v) is 13.4. The van der Waals surface area contributed by atoms with Crippen molar-refractivity contribution in [1.82, 2.24) is 19.9 Å². The molecule has 0 atom stereocenters. The van der Waals surface area contributed by atoms with E-state index in [1.807, 2.05) is 12.1 Å². The largest absolute Gasteiger partial charge is 0.370 e. The van der Waals surface area contributed by atoms with Crippen molar-refractivity contribution < 1.29 is 0 Å². The van der Waals surface area contributed by atoms with Crippen molar-refractivity contribution in [1.29, 1.82) is 0 Å². The van der Waals surface area contributed by atoms with E-state index in [4.69, 9.17) is 5.73 Å². The van der Waals surface area contributed by atoms with Gasteiger partial charge in [0.1, 0.15) is 0 Å². The highest BCUT2D eigenvalue weighted by atomic mass is 127. The molecule has 3 N–H and O–H groups in total. The topological polar surface area (TPSA) is 80.6 Å². The number of fused-ring (bicyclic) bond motifs is 1. The Balaban J connectivity index is 0.00000180. The van der Waals surface area contributed by atoms with Gasteiger partial charge in [-0.15, -0.1) is 24.0 Å². The molecule has 0 saturated carbocycles. The van der Waals surface area contributed by atoms with Crippen molar-refractivity contribution in [2.75, 3.05) is 6.54 Å². The normalized spacial score (nSPS) is 11.6. The molecule has 2 aromatic heterocycles. The third kappa shape index (κ3) is 4.34. The molecule has 0 aliphatic heterocycles.